The minimum absolute atomic E-state index is 0.00510. The molecular formula is C22H27N3O6S. The molecule has 172 valence electrons. The summed E-state index contributed by atoms with van der Waals surface area (Å²) in [5.41, 5.74) is 2.00. The molecule has 10 heteroatoms. The Morgan fingerprint density at radius 1 is 1.00 bits per heavy atom. The molecule has 0 aliphatic heterocycles. The van der Waals surface area contributed by atoms with Gasteiger partial charge in [-0.2, -0.15) is 0 Å². The zero-order valence-electron chi connectivity index (χ0n) is 18.2. The maximum Gasteiger partial charge on any atom is 0.240 e. The van der Waals surface area contributed by atoms with Gasteiger partial charge in [0.05, 0.1) is 19.1 Å². The Kier molecular flexibility index (Phi) is 7.37. The maximum absolute atomic E-state index is 12.5. The second-order valence-electron chi connectivity index (χ2n) is 7.51. The highest BCUT2D eigenvalue weighted by Gasteiger charge is 2.29. The van der Waals surface area contributed by atoms with Gasteiger partial charge in [0.1, 0.15) is 0 Å². The lowest BCUT2D eigenvalue weighted by atomic mass is 10.1. The van der Waals surface area contributed by atoms with Gasteiger partial charge in [0.15, 0.2) is 11.5 Å². The van der Waals surface area contributed by atoms with Crippen LogP contribution in [0.5, 0.6) is 11.5 Å². The van der Waals surface area contributed by atoms with E-state index in [9.17, 15) is 18.0 Å². The Morgan fingerprint density at radius 2 is 1.72 bits per heavy atom. The summed E-state index contributed by atoms with van der Waals surface area (Å²) < 4.78 is 37.7. The van der Waals surface area contributed by atoms with Crippen molar-refractivity contribution in [2.75, 3.05) is 31.4 Å². The largest absolute Gasteiger partial charge is 0.493 e. The number of aryl methyl sites for hydroxylation is 1. The van der Waals surface area contributed by atoms with Gasteiger partial charge in [-0.25, -0.2) is 13.1 Å². The highest BCUT2D eigenvalue weighted by atomic mass is 32.2. The summed E-state index contributed by atoms with van der Waals surface area (Å²) in [7, 11) is -0.953. The van der Waals surface area contributed by atoms with E-state index in [-0.39, 0.29) is 41.3 Å². The van der Waals surface area contributed by atoms with Crippen LogP contribution < -0.4 is 24.8 Å². The van der Waals surface area contributed by atoms with Crippen molar-refractivity contribution in [2.24, 2.45) is 5.92 Å². The van der Waals surface area contributed by atoms with Crippen LogP contribution in [0.4, 0.5) is 11.4 Å². The molecule has 1 aliphatic carbocycles. The Morgan fingerprint density at radius 3 is 2.38 bits per heavy atom. The van der Waals surface area contributed by atoms with E-state index >= 15 is 0 Å². The van der Waals surface area contributed by atoms with Crippen molar-refractivity contribution < 1.29 is 27.5 Å². The van der Waals surface area contributed by atoms with Crippen LogP contribution in [-0.4, -0.2) is 41.0 Å². The lowest BCUT2D eigenvalue weighted by molar-refractivity contribution is -0.117. The van der Waals surface area contributed by atoms with Crippen LogP contribution in [0.1, 0.15) is 24.8 Å². The highest BCUT2D eigenvalue weighted by Crippen LogP contribution is 2.31. The molecule has 0 radical (unpaired) electrons. The van der Waals surface area contributed by atoms with Gasteiger partial charge in [0.25, 0.3) is 0 Å². The Bertz CT molecular complexity index is 1110. The van der Waals surface area contributed by atoms with Crippen molar-refractivity contribution in [1.29, 1.82) is 0 Å². The number of benzene rings is 2. The van der Waals surface area contributed by atoms with E-state index in [0.29, 0.717) is 17.1 Å². The second kappa shape index (κ2) is 10.0. The minimum Gasteiger partial charge on any atom is -0.493 e. The van der Waals surface area contributed by atoms with E-state index in [2.05, 4.69) is 15.4 Å². The number of ether oxygens (including phenoxy) is 2. The first-order chi connectivity index (χ1) is 15.2. The van der Waals surface area contributed by atoms with Gasteiger partial charge in [-0.15, -0.1) is 0 Å². The fourth-order valence-corrected chi connectivity index (χ4v) is 4.05. The summed E-state index contributed by atoms with van der Waals surface area (Å²) in [5.74, 6) is 0.409. The molecule has 0 spiro atoms. The van der Waals surface area contributed by atoms with Crippen LogP contribution in [0.3, 0.4) is 0 Å². The third kappa shape index (κ3) is 5.98. The monoisotopic (exact) mass is 461 g/mol. The van der Waals surface area contributed by atoms with Gasteiger partial charge in [-0.05, 0) is 49.6 Å². The zero-order chi connectivity index (χ0) is 23.3. The highest BCUT2D eigenvalue weighted by molar-refractivity contribution is 7.89. The van der Waals surface area contributed by atoms with Crippen molar-refractivity contribution in [3.8, 4) is 11.5 Å². The van der Waals surface area contributed by atoms with Gasteiger partial charge in [-0.3, -0.25) is 9.59 Å². The van der Waals surface area contributed by atoms with Crippen molar-refractivity contribution in [1.82, 2.24) is 4.72 Å². The normalized spacial score (nSPS) is 13.3. The van der Waals surface area contributed by atoms with Crippen molar-refractivity contribution in [3.63, 3.8) is 0 Å². The number of nitrogens with one attached hydrogen (secondary N) is 3. The molecule has 0 aromatic heterocycles. The first kappa shape index (κ1) is 23.6. The molecule has 2 aromatic rings. The van der Waals surface area contributed by atoms with Crippen LogP contribution in [-0.2, 0) is 19.6 Å². The van der Waals surface area contributed by atoms with E-state index < -0.39 is 10.0 Å². The molecule has 0 bridgehead atoms. The number of amides is 2. The summed E-state index contributed by atoms with van der Waals surface area (Å²) in [6.45, 7) is 1.75. The summed E-state index contributed by atoms with van der Waals surface area (Å²) in [4.78, 5) is 24.3. The van der Waals surface area contributed by atoms with Crippen molar-refractivity contribution in [2.45, 2.75) is 31.1 Å². The van der Waals surface area contributed by atoms with E-state index in [4.69, 9.17) is 9.47 Å². The SMILES string of the molecule is COc1ccc(S(=O)(=O)NCCC(=O)Nc2cc(NC(=O)C3CC3)ccc2C)cc1OC. The number of hydrogen-bond acceptors (Lipinski definition) is 6. The molecule has 0 atom stereocenters. The Balaban J connectivity index is 1.56. The molecule has 9 nitrogen and oxygen atoms in total. The molecule has 1 saturated carbocycles. The number of carbonyl (C=O) groups is 2. The van der Waals surface area contributed by atoms with Gasteiger partial charge in [0, 0.05) is 36.3 Å². The maximum atomic E-state index is 12.5. The number of sulfonamides is 1. The average molecular weight is 462 g/mol. The fraction of sp³-hybridized carbons (Fsp3) is 0.364. The number of methoxy groups -OCH3 is 2. The molecule has 1 aliphatic rings. The fourth-order valence-electron chi connectivity index (χ4n) is 3.00. The number of hydrogen-bond donors (Lipinski definition) is 3. The van der Waals surface area contributed by atoms with Crippen LogP contribution in [0.25, 0.3) is 0 Å². The Hall–Kier alpha value is -3.11. The smallest absolute Gasteiger partial charge is 0.240 e. The molecule has 3 N–H and O–H groups in total. The predicted octanol–water partition coefficient (Wildman–Crippen LogP) is 2.67. The summed E-state index contributed by atoms with van der Waals surface area (Å²) in [6.07, 6.45) is 1.74. The van der Waals surface area contributed by atoms with Gasteiger partial charge in [0.2, 0.25) is 21.8 Å². The number of rotatable bonds is 10. The number of carbonyl (C=O) groups excluding carboxylic acids is 2. The van der Waals surface area contributed by atoms with Crippen LogP contribution in [0.15, 0.2) is 41.3 Å². The molecule has 2 aromatic carbocycles. The van der Waals surface area contributed by atoms with Gasteiger partial charge >= 0.3 is 0 Å². The van der Waals surface area contributed by atoms with Crippen molar-refractivity contribution in [3.05, 3.63) is 42.0 Å². The summed E-state index contributed by atoms with van der Waals surface area (Å²) >= 11 is 0. The van der Waals surface area contributed by atoms with E-state index in [1.165, 1.54) is 32.4 Å². The van der Waals surface area contributed by atoms with Crippen molar-refractivity contribution >= 4 is 33.2 Å². The third-order valence-electron chi connectivity index (χ3n) is 5.04. The zero-order valence-corrected chi connectivity index (χ0v) is 19.0. The van der Waals surface area contributed by atoms with Crippen LogP contribution >= 0.6 is 0 Å². The molecule has 3 rings (SSSR count). The summed E-state index contributed by atoms with van der Waals surface area (Å²) in [5, 5.41) is 5.61. The quantitative estimate of drug-likeness (QED) is 0.500. The first-order valence-corrected chi connectivity index (χ1v) is 11.6. The van der Waals surface area contributed by atoms with Crippen LogP contribution in [0.2, 0.25) is 0 Å². The van der Waals surface area contributed by atoms with E-state index in [1.807, 2.05) is 6.92 Å². The molecule has 32 heavy (non-hydrogen) atoms. The molecule has 0 heterocycles. The minimum atomic E-state index is -3.83. The lowest BCUT2D eigenvalue weighted by Crippen LogP contribution is -2.28. The lowest BCUT2D eigenvalue weighted by Gasteiger charge is -2.13. The Labute approximate surface area is 187 Å². The number of anilines is 2. The van der Waals surface area contributed by atoms with Gasteiger partial charge < -0.3 is 20.1 Å². The summed E-state index contributed by atoms with van der Waals surface area (Å²) in [6, 6.07) is 9.53. The topological polar surface area (TPSA) is 123 Å². The first-order valence-electron chi connectivity index (χ1n) is 10.2. The molecule has 0 unspecified atom stereocenters. The van der Waals surface area contributed by atoms with E-state index in [0.717, 1.165) is 18.4 Å². The molecule has 1 fully saturated rings. The van der Waals surface area contributed by atoms with E-state index in [1.54, 1.807) is 18.2 Å². The standard InChI is InChI=1S/C22H27N3O6S/c1-14-4-7-16(24-22(27)15-5-6-15)12-18(14)25-21(26)10-11-23-32(28,29)17-8-9-19(30-2)20(13-17)31-3/h4,7-9,12-13,15,23H,5-6,10-11H2,1-3H3,(H,24,27)(H,25,26). The predicted molar refractivity (Wildman–Crippen MR) is 121 cm³/mol. The van der Waals surface area contributed by atoms with Gasteiger partial charge in [-0.1, -0.05) is 6.07 Å². The second-order valence-corrected chi connectivity index (χ2v) is 9.27. The third-order valence-corrected chi connectivity index (χ3v) is 6.50. The molecule has 0 saturated heterocycles. The molecule has 2 amide bonds. The van der Waals surface area contributed by atoms with Crippen LogP contribution in [0, 0.1) is 12.8 Å². The average Bonchev–Trinajstić information content (AvgIpc) is 3.61. The molecular weight excluding hydrogens is 434 g/mol.